The van der Waals surface area contributed by atoms with Crippen molar-refractivity contribution in [3.8, 4) is 0 Å². The van der Waals surface area contributed by atoms with Crippen molar-refractivity contribution >= 4 is 34.3 Å². The number of carbonyl (C=O) groups excluding carboxylic acids is 1. The molecule has 1 unspecified atom stereocenters. The van der Waals surface area contributed by atoms with Gasteiger partial charge in [0.1, 0.15) is 11.4 Å². The van der Waals surface area contributed by atoms with Crippen LogP contribution in [0.15, 0.2) is 70.1 Å². The first-order valence-electron chi connectivity index (χ1n) is 8.98. The van der Waals surface area contributed by atoms with Crippen LogP contribution in [-0.2, 0) is 0 Å². The minimum atomic E-state index is -0.694. The number of amides is 1. The number of benzene rings is 1. The number of rotatable bonds is 2. The summed E-state index contributed by atoms with van der Waals surface area (Å²) in [5, 5.41) is 0.751. The quantitative estimate of drug-likeness (QED) is 0.499. The normalized spacial score (nSPS) is 15.7. The SMILES string of the molecule is Cc1cccc(N2C(=O)c3oc4ccc(Cl)cc4c(=O)c3C2c2cccnc2)n1. The molecule has 29 heavy (non-hydrogen) atoms. The van der Waals surface area contributed by atoms with Crippen molar-refractivity contribution in [2.24, 2.45) is 0 Å². The lowest BCUT2D eigenvalue weighted by Gasteiger charge is -2.24. The molecular weight excluding hydrogens is 390 g/mol. The maximum absolute atomic E-state index is 13.4. The van der Waals surface area contributed by atoms with E-state index in [1.165, 1.54) is 4.90 Å². The van der Waals surface area contributed by atoms with E-state index in [-0.39, 0.29) is 16.8 Å². The molecule has 6 nitrogen and oxygen atoms in total. The zero-order valence-electron chi connectivity index (χ0n) is 15.3. The predicted molar refractivity (Wildman–Crippen MR) is 109 cm³/mol. The third-order valence-electron chi connectivity index (χ3n) is 4.95. The zero-order valence-corrected chi connectivity index (χ0v) is 16.1. The molecule has 4 aromatic rings. The van der Waals surface area contributed by atoms with Gasteiger partial charge in [0.25, 0.3) is 5.91 Å². The molecule has 0 fully saturated rings. The topological polar surface area (TPSA) is 76.3 Å². The minimum absolute atomic E-state index is 0.0157. The molecule has 0 radical (unpaired) electrons. The van der Waals surface area contributed by atoms with Crippen LogP contribution < -0.4 is 10.3 Å². The molecule has 0 N–H and O–H groups in total. The van der Waals surface area contributed by atoms with Gasteiger partial charge in [-0.2, -0.15) is 0 Å². The van der Waals surface area contributed by atoms with Crippen LogP contribution in [0.4, 0.5) is 5.82 Å². The van der Waals surface area contributed by atoms with Crippen LogP contribution in [0.3, 0.4) is 0 Å². The van der Waals surface area contributed by atoms with Crippen LogP contribution in [0.25, 0.3) is 11.0 Å². The van der Waals surface area contributed by atoms with Gasteiger partial charge in [-0.1, -0.05) is 23.7 Å². The van der Waals surface area contributed by atoms with Crippen molar-refractivity contribution < 1.29 is 9.21 Å². The molecule has 5 rings (SSSR count). The summed E-state index contributed by atoms with van der Waals surface area (Å²) in [7, 11) is 0. The van der Waals surface area contributed by atoms with Crippen molar-refractivity contribution in [1.82, 2.24) is 9.97 Å². The Bertz CT molecular complexity index is 1330. The predicted octanol–water partition coefficient (Wildman–Crippen LogP) is 4.29. The van der Waals surface area contributed by atoms with Gasteiger partial charge in [0.05, 0.1) is 17.0 Å². The summed E-state index contributed by atoms with van der Waals surface area (Å²) >= 11 is 6.09. The van der Waals surface area contributed by atoms with E-state index in [1.54, 1.807) is 42.7 Å². The Morgan fingerprint density at radius 1 is 1.10 bits per heavy atom. The lowest BCUT2D eigenvalue weighted by Crippen LogP contribution is -2.30. The molecular formula is C22H14ClN3O3. The van der Waals surface area contributed by atoms with E-state index in [0.29, 0.717) is 27.4 Å². The number of nitrogens with zero attached hydrogens (tertiary/aromatic N) is 3. The van der Waals surface area contributed by atoms with Crippen LogP contribution in [0.2, 0.25) is 5.02 Å². The fourth-order valence-electron chi connectivity index (χ4n) is 3.70. The molecule has 1 aromatic carbocycles. The summed E-state index contributed by atoms with van der Waals surface area (Å²) < 4.78 is 5.89. The molecule has 0 saturated carbocycles. The van der Waals surface area contributed by atoms with Crippen molar-refractivity contribution in [2.45, 2.75) is 13.0 Å². The second-order valence-electron chi connectivity index (χ2n) is 6.82. The number of aryl methyl sites for hydroxylation is 1. The average molecular weight is 404 g/mol. The van der Waals surface area contributed by atoms with Gasteiger partial charge in [0.2, 0.25) is 5.76 Å². The van der Waals surface area contributed by atoms with Gasteiger partial charge in [0, 0.05) is 23.1 Å². The van der Waals surface area contributed by atoms with E-state index in [4.69, 9.17) is 16.0 Å². The smallest absolute Gasteiger partial charge is 0.296 e. The van der Waals surface area contributed by atoms with E-state index in [0.717, 1.165) is 5.69 Å². The molecule has 0 aliphatic carbocycles. The second kappa shape index (κ2) is 6.53. The summed E-state index contributed by atoms with van der Waals surface area (Å²) in [6, 6.07) is 13.1. The maximum atomic E-state index is 13.4. The number of hydrogen-bond donors (Lipinski definition) is 0. The Balaban J connectivity index is 1.84. The number of anilines is 1. The highest BCUT2D eigenvalue weighted by Crippen LogP contribution is 2.40. The number of pyridine rings is 2. The molecule has 7 heteroatoms. The highest BCUT2D eigenvalue weighted by molar-refractivity contribution is 6.31. The van der Waals surface area contributed by atoms with Crippen molar-refractivity contribution in [3.63, 3.8) is 0 Å². The lowest BCUT2D eigenvalue weighted by molar-refractivity contribution is 0.0970. The Kier molecular flexibility index (Phi) is 3.96. The third-order valence-corrected chi connectivity index (χ3v) is 5.19. The number of aromatic nitrogens is 2. The van der Waals surface area contributed by atoms with Crippen molar-refractivity contribution in [3.05, 3.63) is 98.8 Å². The molecule has 0 saturated heterocycles. The highest BCUT2D eigenvalue weighted by Gasteiger charge is 2.44. The van der Waals surface area contributed by atoms with Crippen molar-refractivity contribution in [2.75, 3.05) is 4.90 Å². The minimum Gasteiger partial charge on any atom is -0.450 e. The largest absolute Gasteiger partial charge is 0.450 e. The third kappa shape index (κ3) is 2.72. The molecule has 1 atom stereocenters. The van der Waals surface area contributed by atoms with Gasteiger partial charge < -0.3 is 4.42 Å². The van der Waals surface area contributed by atoms with Gasteiger partial charge in [-0.05, 0) is 48.9 Å². The molecule has 3 aromatic heterocycles. The standard InChI is InChI=1S/C22H14ClN3O3/c1-12-4-2-6-17(25-12)26-19(13-5-3-9-24-11-13)18-20(27)15-10-14(23)7-8-16(15)29-21(18)22(26)28/h2-11,19H,1H3. The first-order chi connectivity index (χ1) is 14.0. The Morgan fingerprint density at radius 3 is 2.72 bits per heavy atom. The Labute approximate surface area is 170 Å². The van der Waals surface area contributed by atoms with Gasteiger partial charge >= 0.3 is 0 Å². The Hall–Kier alpha value is -3.51. The van der Waals surface area contributed by atoms with Crippen LogP contribution >= 0.6 is 11.6 Å². The molecule has 1 aliphatic rings. The highest BCUT2D eigenvalue weighted by atomic mass is 35.5. The first kappa shape index (κ1) is 17.6. The fourth-order valence-corrected chi connectivity index (χ4v) is 3.87. The van der Waals surface area contributed by atoms with Gasteiger partial charge in [0.15, 0.2) is 5.43 Å². The summed E-state index contributed by atoms with van der Waals surface area (Å²) in [6.07, 6.45) is 3.27. The van der Waals surface area contributed by atoms with Crippen LogP contribution in [-0.4, -0.2) is 15.9 Å². The number of hydrogen-bond acceptors (Lipinski definition) is 5. The molecule has 0 spiro atoms. The number of fused-ring (bicyclic) bond motifs is 2. The monoisotopic (exact) mass is 403 g/mol. The summed E-state index contributed by atoms with van der Waals surface area (Å²) in [5.41, 5.74) is 1.74. The summed E-state index contributed by atoms with van der Waals surface area (Å²) in [4.78, 5) is 36.9. The summed E-state index contributed by atoms with van der Waals surface area (Å²) in [6.45, 7) is 1.84. The molecule has 1 amide bonds. The van der Waals surface area contributed by atoms with Crippen LogP contribution in [0.5, 0.6) is 0 Å². The van der Waals surface area contributed by atoms with Gasteiger partial charge in [-0.3, -0.25) is 19.5 Å². The van der Waals surface area contributed by atoms with Crippen LogP contribution in [0.1, 0.15) is 33.4 Å². The fraction of sp³-hybridized carbons (Fsp3) is 0.0909. The van der Waals surface area contributed by atoms with Gasteiger partial charge in [-0.25, -0.2) is 4.98 Å². The lowest BCUT2D eigenvalue weighted by atomic mass is 10.00. The number of carbonyl (C=O) groups is 1. The first-order valence-corrected chi connectivity index (χ1v) is 9.36. The molecule has 142 valence electrons. The second-order valence-corrected chi connectivity index (χ2v) is 7.25. The average Bonchev–Trinajstić information content (AvgIpc) is 3.02. The van der Waals surface area contributed by atoms with Crippen molar-refractivity contribution in [1.29, 1.82) is 0 Å². The maximum Gasteiger partial charge on any atom is 0.296 e. The van der Waals surface area contributed by atoms with E-state index >= 15 is 0 Å². The van der Waals surface area contributed by atoms with Crippen LogP contribution in [0, 0.1) is 6.92 Å². The van der Waals surface area contributed by atoms with E-state index in [2.05, 4.69) is 9.97 Å². The Morgan fingerprint density at radius 2 is 1.97 bits per heavy atom. The molecule has 4 heterocycles. The van der Waals surface area contributed by atoms with Gasteiger partial charge in [-0.15, -0.1) is 0 Å². The summed E-state index contributed by atoms with van der Waals surface area (Å²) in [5.74, 6) is 0.0413. The molecule has 1 aliphatic heterocycles. The zero-order chi connectivity index (χ0) is 20.1. The van der Waals surface area contributed by atoms with E-state index < -0.39 is 11.9 Å². The van der Waals surface area contributed by atoms with E-state index in [9.17, 15) is 9.59 Å². The molecule has 0 bridgehead atoms. The number of halogens is 1. The van der Waals surface area contributed by atoms with E-state index in [1.807, 2.05) is 25.1 Å².